The molecule has 12 heteroatoms. The van der Waals surface area contributed by atoms with Crippen LogP contribution >= 0.6 is 11.8 Å². The van der Waals surface area contributed by atoms with Gasteiger partial charge in [0.15, 0.2) is 6.61 Å². The first-order chi connectivity index (χ1) is 16.4. The molecule has 1 aromatic rings. The Morgan fingerprint density at radius 2 is 1.44 bits per heavy atom. The first-order valence-corrected chi connectivity index (χ1v) is 12.3. The number of esters is 1. The summed E-state index contributed by atoms with van der Waals surface area (Å²) in [5, 5.41) is 10.1. The maximum Gasteiger partial charge on any atom is 0.341 e. The number of amides is 6. The number of nitrogens with zero attached hydrogens (tertiary/aromatic N) is 1. The number of carbonyl (C=O) groups is 5. The van der Waals surface area contributed by atoms with Gasteiger partial charge in [0.05, 0.1) is 11.3 Å². The van der Waals surface area contributed by atoms with E-state index in [-0.39, 0.29) is 28.4 Å². The summed E-state index contributed by atoms with van der Waals surface area (Å²) >= 11 is 0.962. The van der Waals surface area contributed by atoms with Crippen LogP contribution in [0.1, 0.15) is 61.7 Å². The van der Waals surface area contributed by atoms with E-state index in [0.29, 0.717) is 0 Å². The lowest BCUT2D eigenvalue weighted by molar-refractivity contribution is -0.123. The van der Waals surface area contributed by atoms with Gasteiger partial charge in [-0.3, -0.25) is 20.2 Å². The number of imide groups is 2. The normalized spacial score (nSPS) is 16.0. The third kappa shape index (κ3) is 8.32. The molecule has 1 heterocycles. The zero-order valence-corrected chi connectivity index (χ0v) is 19.6. The summed E-state index contributed by atoms with van der Waals surface area (Å²) < 4.78 is 5.00. The highest BCUT2D eigenvalue weighted by atomic mass is 32.2. The predicted molar refractivity (Wildman–Crippen MR) is 123 cm³/mol. The Morgan fingerprint density at radius 3 is 2.03 bits per heavy atom. The molecule has 184 valence electrons. The molecule has 0 unspecified atom stereocenters. The van der Waals surface area contributed by atoms with Crippen LogP contribution in [-0.2, 0) is 14.3 Å². The number of thioether (sulfide) groups is 1. The molecule has 1 aromatic heterocycles. The van der Waals surface area contributed by atoms with Crippen molar-refractivity contribution in [3.8, 4) is 0 Å². The fraction of sp³-hybridized carbons (Fsp3) is 0.545. The van der Waals surface area contributed by atoms with Crippen LogP contribution in [0.5, 0.6) is 0 Å². The van der Waals surface area contributed by atoms with Crippen molar-refractivity contribution in [3.05, 3.63) is 23.9 Å². The first kappa shape index (κ1) is 25.5. The molecular weight excluding hydrogens is 462 g/mol. The van der Waals surface area contributed by atoms with Crippen LogP contribution < -0.4 is 21.3 Å². The molecule has 0 saturated heterocycles. The van der Waals surface area contributed by atoms with Gasteiger partial charge in [0.1, 0.15) is 5.03 Å². The molecule has 2 aliphatic carbocycles. The number of hydrogen-bond donors (Lipinski definition) is 4. The predicted octanol–water partition coefficient (Wildman–Crippen LogP) is 1.87. The molecule has 3 rings (SSSR count). The Morgan fingerprint density at radius 1 is 0.882 bits per heavy atom. The number of carbonyl (C=O) groups excluding carboxylic acids is 5. The van der Waals surface area contributed by atoms with Gasteiger partial charge in [-0.05, 0) is 37.8 Å². The fourth-order valence-corrected chi connectivity index (χ4v) is 4.69. The van der Waals surface area contributed by atoms with E-state index in [9.17, 15) is 24.0 Å². The smallest absolute Gasteiger partial charge is 0.341 e. The summed E-state index contributed by atoms with van der Waals surface area (Å²) in [5.74, 6) is -2.24. The number of aromatic nitrogens is 1. The van der Waals surface area contributed by atoms with Crippen molar-refractivity contribution in [2.45, 2.75) is 68.5 Å². The highest BCUT2D eigenvalue weighted by molar-refractivity contribution is 8.00. The number of hydrogen-bond acceptors (Lipinski definition) is 8. The molecule has 0 atom stereocenters. The van der Waals surface area contributed by atoms with Gasteiger partial charge in [0.25, 0.3) is 5.91 Å². The monoisotopic (exact) mass is 491 g/mol. The number of rotatable bonds is 8. The lowest BCUT2D eigenvalue weighted by Crippen LogP contribution is -2.45. The largest absolute Gasteiger partial charge is 0.452 e. The van der Waals surface area contributed by atoms with Gasteiger partial charge in [-0.1, -0.05) is 37.4 Å². The molecule has 4 N–H and O–H groups in total. The van der Waals surface area contributed by atoms with Gasteiger partial charge < -0.3 is 15.4 Å². The Hall–Kier alpha value is -3.15. The van der Waals surface area contributed by atoms with Crippen LogP contribution in [0, 0.1) is 0 Å². The van der Waals surface area contributed by atoms with Gasteiger partial charge >= 0.3 is 18.0 Å². The van der Waals surface area contributed by atoms with Gasteiger partial charge in [-0.25, -0.2) is 19.4 Å². The van der Waals surface area contributed by atoms with Crippen molar-refractivity contribution in [3.63, 3.8) is 0 Å². The van der Waals surface area contributed by atoms with Crippen LogP contribution in [0.15, 0.2) is 23.4 Å². The van der Waals surface area contributed by atoms with Crippen LogP contribution in [0.4, 0.5) is 9.59 Å². The van der Waals surface area contributed by atoms with Gasteiger partial charge in [0.2, 0.25) is 5.91 Å². The van der Waals surface area contributed by atoms with E-state index in [1.165, 1.54) is 18.3 Å². The zero-order valence-electron chi connectivity index (χ0n) is 18.8. The third-order valence-electron chi connectivity index (χ3n) is 5.55. The van der Waals surface area contributed by atoms with Gasteiger partial charge in [-0.15, -0.1) is 0 Å². The number of urea groups is 2. The minimum atomic E-state index is -0.818. The maximum atomic E-state index is 12.4. The van der Waals surface area contributed by atoms with E-state index >= 15 is 0 Å². The lowest BCUT2D eigenvalue weighted by atomic mass is 10.2. The molecule has 2 aliphatic rings. The molecule has 0 radical (unpaired) electrons. The summed E-state index contributed by atoms with van der Waals surface area (Å²) in [5.41, 5.74) is 0.0684. The van der Waals surface area contributed by atoms with Crippen molar-refractivity contribution < 1.29 is 28.7 Å². The summed E-state index contributed by atoms with van der Waals surface area (Å²) in [6.45, 7) is -0.641. The Kier molecular flexibility index (Phi) is 9.68. The topological polar surface area (TPSA) is 156 Å². The van der Waals surface area contributed by atoms with Crippen molar-refractivity contribution in [2.75, 3.05) is 12.4 Å². The summed E-state index contributed by atoms with van der Waals surface area (Å²) in [4.78, 5) is 64.3. The number of pyridine rings is 1. The standard InChI is InChI=1S/C22H29N5O6S/c28-17(26-21(31)24-14-6-1-2-7-14)12-33-20(30)16-10-5-11-23-19(16)34-13-18(29)27-22(32)25-15-8-3-4-9-15/h5,10-11,14-15H,1-4,6-9,12-13H2,(H2,24,26,28,31)(H2,25,27,29,32). The highest BCUT2D eigenvalue weighted by Crippen LogP contribution is 2.21. The van der Waals surface area contributed by atoms with Crippen molar-refractivity contribution in [1.29, 1.82) is 0 Å². The summed E-state index contributed by atoms with van der Waals surface area (Å²) in [7, 11) is 0. The Bertz CT molecular complexity index is 915. The summed E-state index contributed by atoms with van der Waals surface area (Å²) in [6, 6.07) is 1.95. The van der Waals surface area contributed by atoms with Gasteiger partial charge in [0, 0.05) is 18.3 Å². The van der Waals surface area contributed by atoms with E-state index in [4.69, 9.17) is 4.74 Å². The van der Waals surface area contributed by atoms with Crippen molar-refractivity contribution in [1.82, 2.24) is 26.3 Å². The molecular formula is C22H29N5O6S. The third-order valence-corrected chi connectivity index (χ3v) is 6.56. The molecule has 11 nitrogen and oxygen atoms in total. The fourth-order valence-electron chi connectivity index (χ4n) is 3.91. The minimum Gasteiger partial charge on any atom is -0.452 e. The second kappa shape index (κ2) is 12.9. The highest BCUT2D eigenvalue weighted by Gasteiger charge is 2.21. The average Bonchev–Trinajstić information content (AvgIpc) is 3.50. The second-order valence-corrected chi connectivity index (χ2v) is 9.19. The quantitative estimate of drug-likeness (QED) is 0.317. The molecule has 2 fully saturated rings. The molecule has 6 amide bonds. The number of ether oxygens (including phenoxy) is 1. The molecule has 0 aliphatic heterocycles. The van der Waals surface area contributed by atoms with Crippen LogP contribution in [0.3, 0.4) is 0 Å². The average molecular weight is 492 g/mol. The zero-order chi connectivity index (χ0) is 24.3. The SMILES string of the molecule is O=C(COC(=O)c1cccnc1SCC(=O)NC(=O)NC1CCCC1)NC(=O)NC1CCCC1. The molecule has 0 bridgehead atoms. The van der Waals surface area contributed by atoms with Crippen molar-refractivity contribution in [2.24, 2.45) is 0 Å². The van der Waals surface area contributed by atoms with Crippen LogP contribution in [0.2, 0.25) is 0 Å². The van der Waals surface area contributed by atoms with Crippen LogP contribution in [0.25, 0.3) is 0 Å². The second-order valence-electron chi connectivity index (χ2n) is 8.23. The minimum absolute atomic E-state index is 0.0521. The summed E-state index contributed by atoms with van der Waals surface area (Å²) in [6.07, 6.45) is 9.20. The van der Waals surface area contributed by atoms with Crippen LogP contribution in [-0.4, -0.2) is 59.3 Å². The maximum absolute atomic E-state index is 12.4. The molecule has 34 heavy (non-hydrogen) atoms. The van der Waals surface area contributed by atoms with E-state index < -0.39 is 36.5 Å². The number of nitrogens with one attached hydrogen (secondary N) is 4. The Balaban J connectivity index is 1.41. The molecule has 0 aromatic carbocycles. The van der Waals surface area contributed by atoms with E-state index in [1.807, 2.05) is 0 Å². The lowest BCUT2D eigenvalue weighted by Gasteiger charge is -2.13. The van der Waals surface area contributed by atoms with Gasteiger partial charge in [-0.2, -0.15) is 0 Å². The molecule has 2 saturated carbocycles. The van der Waals surface area contributed by atoms with Crippen molar-refractivity contribution >= 4 is 41.6 Å². The molecule has 0 spiro atoms. The van der Waals surface area contributed by atoms with E-state index in [0.717, 1.165) is 63.1 Å². The Labute approximate surface area is 201 Å². The van der Waals surface area contributed by atoms with E-state index in [1.54, 1.807) is 0 Å². The van der Waals surface area contributed by atoms with E-state index in [2.05, 4.69) is 26.3 Å². The first-order valence-electron chi connectivity index (χ1n) is 11.4.